The van der Waals surface area contributed by atoms with E-state index in [2.05, 4.69) is 10.3 Å². The molecule has 0 fully saturated rings. The molecule has 2 aromatic carbocycles. The van der Waals surface area contributed by atoms with Gasteiger partial charge in [0.05, 0.1) is 15.7 Å². The smallest absolute Gasteiger partial charge is 0.325 e. The van der Waals surface area contributed by atoms with Crippen LogP contribution in [0.4, 0.5) is 23.7 Å². The number of aromatic nitrogens is 1. The molecule has 0 aliphatic heterocycles. The highest BCUT2D eigenvalue weighted by Gasteiger charge is 2.30. The summed E-state index contributed by atoms with van der Waals surface area (Å²) in [5, 5.41) is 2.25. The van der Waals surface area contributed by atoms with Gasteiger partial charge in [0, 0.05) is 25.2 Å². The van der Waals surface area contributed by atoms with E-state index in [4.69, 9.17) is 0 Å². The molecule has 1 heterocycles. The highest BCUT2D eigenvalue weighted by atomic mass is 32.2. The van der Waals surface area contributed by atoms with Crippen molar-refractivity contribution in [1.29, 1.82) is 0 Å². The molecule has 1 atom stereocenters. The Bertz CT molecular complexity index is 1520. The molecule has 0 unspecified atom stereocenters. The number of anilines is 1. The fourth-order valence-corrected chi connectivity index (χ4v) is 5.55. The molecule has 0 saturated carbocycles. The van der Waals surface area contributed by atoms with E-state index in [0.29, 0.717) is 23.7 Å². The topological polar surface area (TPSA) is 108 Å². The van der Waals surface area contributed by atoms with Gasteiger partial charge in [-0.05, 0) is 54.8 Å². The number of amides is 3. The SMILES string of the molecule is CN(C(=O)[C@H](Cc1cc(F)cc(F)c1)NC(=O)NS(=O)(=O)C1=CCCC=C1F)c1ccc2scnc2c1. The first-order valence-electron chi connectivity index (χ1n) is 11.0. The van der Waals surface area contributed by atoms with Crippen LogP contribution in [-0.2, 0) is 21.2 Å². The third-order valence-corrected chi connectivity index (χ3v) is 7.77. The molecular formula is C24H21F3N4O4S2. The second kappa shape index (κ2) is 10.7. The summed E-state index contributed by atoms with van der Waals surface area (Å²) in [5.74, 6) is -3.47. The van der Waals surface area contributed by atoms with Gasteiger partial charge < -0.3 is 10.2 Å². The van der Waals surface area contributed by atoms with E-state index in [1.54, 1.807) is 28.4 Å². The van der Waals surface area contributed by atoms with Gasteiger partial charge in [-0.25, -0.2) is 36.1 Å². The highest BCUT2D eigenvalue weighted by molar-refractivity contribution is 7.94. The number of sulfonamides is 1. The Kier molecular flexibility index (Phi) is 7.64. The van der Waals surface area contributed by atoms with Crippen LogP contribution in [0.5, 0.6) is 0 Å². The zero-order valence-electron chi connectivity index (χ0n) is 19.4. The molecule has 1 aliphatic carbocycles. The Labute approximate surface area is 214 Å². The van der Waals surface area contributed by atoms with Crippen LogP contribution in [0, 0.1) is 11.6 Å². The predicted molar refractivity (Wildman–Crippen MR) is 134 cm³/mol. The molecule has 1 aromatic heterocycles. The van der Waals surface area contributed by atoms with Crippen molar-refractivity contribution in [1.82, 2.24) is 15.0 Å². The van der Waals surface area contributed by atoms with Crippen LogP contribution < -0.4 is 14.9 Å². The summed E-state index contributed by atoms with van der Waals surface area (Å²) in [7, 11) is -3.15. The van der Waals surface area contributed by atoms with Gasteiger partial charge in [0.15, 0.2) is 0 Å². The van der Waals surface area contributed by atoms with Crippen LogP contribution in [0.1, 0.15) is 18.4 Å². The number of nitrogens with one attached hydrogen (secondary N) is 2. The number of nitrogens with zero attached hydrogens (tertiary/aromatic N) is 2. The number of rotatable bonds is 7. The van der Waals surface area contributed by atoms with E-state index in [1.807, 2.05) is 0 Å². The minimum absolute atomic E-state index is 0.0475. The normalized spacial score (nSPS) is 14.5. The Morgan fingerprint density at radius 2 is 1.78 bits per heavy atom. The van der Waals surface area contributed by atoms with Crippen LogP contribution >= 0.6 is 11.3 Å². The number of halogens is 3. The maximum Gasteiger partial charge on any atom is 0.329 e. The van der Waals surface area contributed by atoms with Crippen molar-refractivity contribution >= 4 is 49.2 Å². The molecule has 3 aromatic rings. The molecule has 3 amide bonds. The summed E-state index contributed by atoms with van der Waals surface area (Å²) < 4.78 is 69.3. The fraction of sp³-hybridized carbons (Fsp3) is 0.208. The summed E-state index contributed by atoms with van der Waals surface area (Å²) in [4.78, 5) is 30.8. The van der Waals surface area contributed by atoms with Gasteiger partial charge in [-0.1, -0.05) is 6.08 Å². The van der Waals surface area contributed by atoms with Crippen molar-refractivity contribution in [2.24, 2.45) is 0 Å². The first kappa shape index (κ1) is 26.4. The number of hydrogen-bond donors (Lipinski definition) is 2. The van der Waals surface area contributed by atoms with E-state index < -0.39 is 50.4 Å². The maximum absolute atomic E-state index is 14.0. The zero-order chi connectivity index (χ0) is 26.7. The molecule has 4 rings (SSSR count). The quantitative estimate of drug-likeness (QED) is 0.456. The van der Waals surface area contributed by atoms with Gasteiger partial charge in [-0.2, -0.15) is 0 Å². The first-order valence-corrected chi connectivity index (χ1v) is 13.3. The lowest BCUT2D eigenvalue weighted by Gasteiger charge is -2.25. The van der Waals surface area contributed by atoms with Gasteiger partial charge in [0.25, 0.3) is 10.0 Å². The van der Waals surface area contributed by atoms with Crippen molar-refractivity contribution in [3.63, 3.8) is 0 Å². The summed E-state index contributed by atoms with van der Waals surface area (Å²) in [5.41, 5.74) is 2.75. The summed E-state index contributed by atoms with van der Waals surface area (Å²) >= 11 is 1.41. The number of urea groups is 1. The fourth-order valence-electron chi connectivity index (χ4n) is 3.81. The highest BCUT2D eigenvalue weighted by Crippen LogP contribution is 2.25. The van der Waals surface area contributed by atoms with Gasteiger partial charge in [-0.15, -0.1) is 11.3 Å². The van der Waals surface area contributed by atoms with Crippen LogP contribution in [0.15, 0.2) is 64.8 Å². The number of carbonyl (C=O) groups is 2. The molecule has 0 spiro atoms. The van der Waals surface area contributed by atoms with Gasteiger partial charge >= 0.3 is 6.03 Å². The third-order valence-electron chi connectivity index (χ3n) is 5.57. The molecule has 37 heavy (non-hydrogen) atoms. The Morgan fingerprint density at radius 3 is 2.49 bits per heavy atom. The number of fused-ring (bicyclic) bond motifs is 1. The predicted octanol–water partition coefficient (Wildman–Crippen LogP) is 4.31. The molecule has 0 bridgehead atoms. The molecule has 13 heteroatoms. The number of carbonyl (C=O) groups excluding carboxylic acids is 2. The van der Waals surface area contributed by atoms with Crippen LogP contribution in [0.2, 0.25) is 0 Å². The molecular weight excluding hydrogens is 529 g/mol. The van der Waals surface area contributed by atoms with Crippen LogP contribution in [-0.4, -0.2) is 38.4 Å². The lowest BCUT2D eigenvalue weighted by Crippen LogP contribution is -2.52. The average Bonchev–Trinajstić information content (AvgIpc) is 3.30. The molecule has 0 radical (unpaired) electrons. The van der Waals surface area contributed by atoms with E-state index in [0.717, 1.165) is 29.0 Å². The largest absolute Gasteiger partial charge is 0.329 e. The lowest BCUT2D eigenvalue weighted by molar-refractivity contribution is -0.120. The second-order valence-electron chi connectivity index (χ2n) is 8.21. The average molecular weight is 551 g/mol. The van der Waals surface area contributed by atoms with E-state index in [1.165, 1.54) is 23.3 Å². The number of benzene rings is 2. The monoisotopic (exact) mass is 550 g/mol. The zero-order valence-corrected chi connectivity index (χ0v) is 21.0. The lowest BCUT2D eigenvalue weighted by atomic mass is 10.0. The minimum Gasteiger partial charge on any atom is -0.325 e. The summed E-state index contributed by atoms with van der Waals surface area (Å²) in [6, 6.07) is 4.97. The van der Waals surface area contributed by atoms with Crippen molar-refractivity contribution in [2.45, 2.75) is 25.3 Å². The van der Waals surface area contributed by atoms with Crippen molar-refractivity contribution < 1.29 is 31.2 Å². The van der Waals surface area contributed by atoms with Crippen molar-refractivity contribution in [3.05, 3.63) is 82.0 Å². The third kappa shape index (κ3) is 6.17. The van der Waals surface area contributed by atoms with E-state index in [9.17, 15) is 31.2 Å². The number of thiazole rings is 1. The number of likely N-dealkylation sites (N-methyl/N-ethyl adjacent to an activating group) is 1. The molecule has 194 valence electrons. The molecule has 0 saturated heterocycles. The van der Waals surface area contributed by atoms with E-state index >= 15 is 0 Å². The van der Waals surface area contributed by atoms with E-state index in [-0.39, 0.29) is 18.4 Å². The second-order valence-corrected chi connectivity index (χ2v) is 10.7. The standard InChI is InChI=1S/C24H21F3N4O4S2/c1-31(17-6-7-21-19(12-17)28-13-36-21)23(32)20(10-14-8-15(25)11-16(26)9-14)29-24(33)30-37(34,35)22-5-3-2-4-18(22)27/h4-9,11-13,20H,2-3,10H2,1H3,(H2,29,30,33)/t20-/m0/s1. The van der Waals surface area contributed by atoms with Crippen molar-refractivity contribution in [3.8, 4) is 0 Å². The molecule has 2 N–H and O–H groups in total. The molecule has 1 aliphatic rings. The minimum atomic E-state index is -4.58. The van der Waals surface area contributed by atoms with Gasteiger partial charge in [0.1, 0.15) is 28.4 Å². The Balaban J connectivity index is 1.59. The number of hydrogen-bond acceptors (Lipinski definition) is 6. The Morgan fingerprint density at radius 1 is 1.08 bits per heavy atom. The number of allylic oxidation sites excluding steroid dienone is 3. The van der Waals surface area contributed by atoms with Crippen molar-refractivity contribution in [2.75, 3.05) is 11.9 Å². The van der Waals surface area contributed by atoms with Gasteiger partial charge in [0.2, 0.25) is 5.91 Å². The summed E-state index contributed by atoms with van der Waals surface area (Å²) in [6.45, 7) is 0. The first-order chi connectivity index (χ1) is 17.5. The molecule has 8 nitrogen and oxygen atoms in total. The van der Waals surface area contributed by atoms with Crippen LogP contribution in [0.25, 0.3) is 10.2 Å². The summed E-state index contributed by atoms with van der Waals surface area (Å²) in [6.07, 6.45) is 2.46. The Hall–Kier alpha value is -3.71. The van der Waals surface area contributed by atoms with Crippen LogP contribution in [0.3, 0.4) is 0 Å². The maximum atomic E-state index is 14.0. The van der Waals surface area contributed by atoms with Gasteiger partial charge in [-0.3, -0.25) is 4.79 Å².